The van der Waals surface area contributed by atoms with E-state index in [0.29, 0.717) is 30.3 Å². The summed E-state index contributed by atoms with van der Waals surface area (Å²) in [5.74, 6) is 0.628. The molecule has 0 radical (unpaired) electrons. The molecule has 2 aromatic rings. The summed E-state index contributed by atoms with van der Waals surface area (Å²) >= 11 is 0. The Bertz CT molecular complexity index is 872. The third-order valence-corrected chi connectivity index (χ3v) is 4.75. The van der Waals surface area contributed by atoms with Crippen molar-refractivity contribution in [2.45, 2.75) is 11.3 Å². The van der Waals surface area contributed by atoms with Crippen molar-refractivity contribution in [1.82, 2.24) is 0 Å². The number of carbonyl (C=O) groups excluding carboxylic acids is 1. The molecular formula is C17H16O7S. The number of hydrogen-bond donors (Lipinski definition) is 0. The molecule has 0 atom stereocenters. The number of carbonyl (C=O) groups is 1. The van der Waals surface area contributed by atoms with Crippen molar-refractivity contribution in [3.05, 3.63) is 48.0 Å². The predicted octanol–water partition coefficient (Wildman–Crippen LogP) is 1.94. The normalized spacial score (nSPS) is 13.2. The first-order chi connectivity index (χ1) is 12.0. The van der Waals surface area contributed by atoms with Crippen LogP contribution >= 0.6 is 0 Å². The SMILES string of the molecule is COC(=O)Cc1ccc(OS(=O)(=O)c2ccc3c(c2)OCCO3)cc1. The summed E-state index contributed by atoms with van der Waals surface area (Å²) in [7, 11) is -2.71. The van der Waals surface area contributed by atoms with Gasteiger partial charge in [-0.05, 0) is 29.8 Å². The van der Waals surface area contributed by atoms with Gasteiger partial charge in [-0.3, -0.25) is 4.79 Å². The van der Waals surface area contributed by atoms with Crippen LogP contribution in [0, 0.1) is 0 Å². The largest absolute Gasteiger partial charge is 0.486 e. The molecule has 0 saturated heterocycles. The van der Waals surface area contributed by atoms with Gasteiger partial charge in [0.25, 0.3) is 0 Å². The number of esters is 1. The summed E-state index contributed by atoms with van der Waals surface area (Å²) in [6, 6.07) is 10.5. The van der Waals surface area contributed by atoms with Gasteiger partial charge in [0.2, 0.25) is 0 Å². The number of hydrogen-bond acceptors (Lipinski definition) is 7. The highest BCUT2D eigenvalue weighted by Gasteiger charge is 2.21. The molecule has 8 heteroatoms. The lowest BCUT2D eigenvalue weighted by Crippen LogP contribution is -2.16. The van der Waals surface area contributed by atoms with E-state index < -0.39 is 10.1 Å². The third kappa shape index (κ3) is 4.03. The van der Waals surface area contributed by atoms with Gasteiger partial charge in [-0.2, -0.15) is 8.42 Å². The summed E-state index contributed by atoms with van der Waals surface area (Å²) in [4.78, 5) is 11.2. The van der Waals surface area contributed by atoms with E-state index in [1.807, 2.05) is 0 Å². The maximum atomic E-state index is 12.4. The van der Waals surface area contributed by atoms with Crippen molar-refractivity contribution in [2.24, 2.45) is 0 Å². The smallest absolute Gasteiger partial charge is 0.339 e. The van der Waals surface area contributed by atoms with Gasteiger partial charge >= 0.3 is 16.1 Å². The number of benzene rings is 2. The van der Waals surface area contributed by atoms with E-state index in [1.165, 1.54) is 37.4 Å². The first kappa shape index (κ1) is 17.1. The Kier molecular flexibility index (Phi) is 4.80. The summed E-state index contributed by atoms with van der Waals surface area (Å²) in [6.45, 7) is 0.784. The zero-order valence-electron chi connectivity index (χ0n) is 13.4. The third-order valence-electron chi connectivity index (χ3n) is 3.51. The van der Waals surface area contributed by atoms with Crippen LogP contribution < -0.4 is 13.7 Å². The lowest BCUT2D eigenvalue weighted by atomic mass is 10.1. The first-order valence-electron chi connectivity index (χ1n) is 7.48. The van der Waals surface area contributed by atoms with Gasteiger partial charge in [0, 0.05) is 6.07 Å². The summed E-state index contributed by atoms with van der Waals surface area (Å²) < 4.78 is 45.3. The molecule has 0 spiro atoms. The monoisotopic (exact) mass is 364 g/mol. The van der Waals surface area contributed by atoms with Crippen molar-refractivity contribution < 1.29 is 31.6 Å². The molecule has 132 valence electrons. The molecule has 0 fully saturated rings. The zero-order chi connectivity index (χ0) is 17.9. The van der Waals surface area contributed by atoms with Crippen molar-refractivity contribution in [3.63, 3.8) is 0 Å². The van der Waals surface area contributed by atoms with Crippen LogP contribution in [0.1, 0.15) is 5.56 Å². The Morgan fingerprint density at radius 3 is 2.40 bits per heavy atom. The van der Waals surface area contributed by atoms with Crippen LogP contribution in [0.3, 0.4) is 0 Å². The Balaban J connectivity index is 1.76. The first-order valence-corrected chi connectivity index (χ1v) is 8.89. The van der Waals surface area contributed by atoms with E-state index in [9.17, 15) is 13.2 Å². The van der Waals surface area contributed by atoms with Crippen molar-refractivity contribution in [1.29, 1.82) is 0 Å². The van der Waals surface area contributed by atoms with Gasteiger partial charge in [-0.15, -0.1) is 0 Å². The number of methoxy groups -OCH3 is 1. The molecule has 2 aromatic carbocycles. The fourth-order valence-corrected chi connectivity index (χ4v) is 3.20. The molecule has 0 aliphatic carbocycles. The average Bonchev–Trinajstić information content (AvgIpc) is 2.62. The van der Waals surface area contributed by atoms with Crippen LogP contribution in [0.15, 0.2) is 47.4 Å². The quantitative estimate of drug-likeness (QED) is 0.592. The molecule has 0 N–H and O–H groups in total. The molecular weight excluding hydrogens is 348 g/mol. The molecule has 1 aliphatic heterocycles. The Morgan fingerprint density at radius 2 is 1.72 bits per heavy atom. The van der Waals surface area contributed by atoms with Crippen molar-refractivity contribution >= 4 is 16.1 Å². The lowest BCUT2D eigenvalue weighted by molar-refractivity contribution is -0.139. The average molecular weight is 364 g/mol. The fourth-order valence-electron chi connectivity index (χ4n) is 2.26. The van der Waals surface area contributed by atoms with Crippen LogP contribution in [0.5, 0.6) is 17.2 Å². The highest BCUT2D eigenvalue weighted by atomic mass is 32.2. The van der Waals surface area contributed by atoms with Gasteiger partial charge < -0.3 is 18.4 Å². The summed E-state index contributed by atoms with van der Waals surface area (Å²) in [6.07, 6.45) is 0.103. The minimum absolute atomic E-state index is 0.0320. The minimum atomic E-state index is -4.01. The van der Waals surface area contributed by atoms with E-state index in [1.54, 1.807) is 12.1 Å². The van der Waals surface area contributed by atoms with Crippen LogP contribution in [-0.4, -0.2) is 34.7 Å². The molecule has 0 amide bonds. The number of rotatable bonds is 5. The number of ether oxygens (including phenoxy) is 3. The second-order valence-corrected chi connectivity index (χ2v) is 6.79. The molecule has 1 aliphatic rings. The molecule has 0 saturated carbocycles. The topological polar surface area (TPSA) is 88.1 Å². The van der Waals surface area contributed by atoms with Gasteiger partial charge in [-0.1, -0.05) is 12.1 Å². The van der Waals surface area contributed by atoms with Crippen molar-refractivity contribution in [3.8, 4) is 17.2 Å². The van der Waals surface area contributed by atoms with Gasteiger partial charge in [0.1, 0.15) is 23.9 Å². The van der Waals surface area contributed by atoms with Gasteiger partial charge in [0.15, 0.2) is 11.5 Å². The lowest BCUT2D eigenvalue weighted by Gasteiger charge is -2.18. The van der Waals surface area contributed by atoms with Gasteiger partial charge in [-0.25, -0.2) is 0 Å². The maximum Gasteiger partial charge on any atom is 0.339 e. The molecule has 1 heterocycles. The van der Waals surface area contributed by atoms with Crippen LogP contribution in [0.25, 0.3) is 0 Å². The van der Waals surface area contributed by atoms with Crippen LogP contribution in [-0.2, 0) is 26.1 Å². The highest BCUT2D eigenvalue weighted by molar-refractivity contribution is 7.87. The Morgan fingerprint density at radius 1 is 1.04 bits per heavy atom. The van der Waals surface area contributed by atoms with E-state index in [0.717, 1.165) is 0 Å². The molecule has 25 heavy (non-hydrogen) atoms. The molecule has 0 bridgehead atoms. The van der Waals surface area contributed by atoms with Crippen LogP contribution in [0.4, 0.5) is 0 Å². The zero-order valence-corrected chi connectivity index (χ0v) is 14.2. The van der Waals surface area contributed by atoms with E-state index >= 15 is 0 Å². The predicted molar refractivity (Wildman–Crippen MR) is 87.4 cm³/mol. The van der Waals surface area contributed by atoms with Crippen molar-refractivity contribution in [2.75, 3.05) is 20.3 Å². The molecule has 3 rings (SSSR count). The molecule has 0 aromatic heterocycles. The Hall–Kier alpha value is -2.74. The van der Waals surface area contributed by atoms with E-state index in [2.05, 4.69) is 4.74 Å². The second-order valence-electron chi connectivity index (χ2n) is 5.24. The number of fused-ring (bicyclic) bond motifs is 1. The maximum absolute atomic E-state index is 12.4. The van der Waals surface area contributed by atoms with Gasteiger partial charge in [0.05, 0.1) is 13.5 Å². The standard InChI is InChI=1S/C17H16O7S/c1-21-17(18)10-12-2-4-13(5-3-12)24-25(19,20)14-6-7-15-16(11-14)23-9-8-22-15/h2-7,11H,8-10H2,1H3. The second kappa shape index (κ2) is 7.02. The highest BCUT2D eigenvalue weighted by Crippen LogP contribution is 2.33. The van der Waals surface area contributed by atoms with E-state index in [4.69, 9.17) is 13.7 Å². The summed E-state index contributed by atoms with van der Waals surface area (Å²) in [5, 5.41) is 0. The minimum Gasteiger partial charge on any atom is -0.486 e. The van der Waals surface area contributed by atoms with Crippen LogP contribution in [0.2, 0.25) is 0 Å². The fraction of sp³-hybridized carbons (Fsp3) is 0.235. The van der Waals surface area contributed by atoms with E-state index in [-0.39, 0.29) is 23.0 Å². The molecule has 7 nitrogen and oxygen atoms in total. The molecule has 0 unspecified atom stereocenters. The summed E-state index contributed by atoms with van der Waals surface area (Å²) in [5.41, 5.74) is 0.691. The Labute approximate surface area is 145 Å².